The molecule has 106 valence electrons. The average molecular weight is 370 g/mol. The summed E-state index contributed by atoms with van der Waals surface area (Å²) in [5.74, 6) is 0. The summed E-state index contributed by atoms with van der Waals surface area (Å²) in [4.78, 5) is 0.0228. The van der Waals surface area contributed by atoms with Gasteiger partial charge in [0.25, 0.3) is 9.05 Å². The van der Waals surface area contributed by atoms with Crippen molar-refractivity contribution in [3.8, 4) is 0 Å². The van der Waals surface area contributed by atoms with E-state index in [4.69, 9.17) is 45.5 Å². The first-order valence-corrected chi connectivity index (χ1v) is 8.89. The highest BCUT2D eigenvalue weighted by molar-refractivity contribution is 8.13. The Hall–Kier alpha value is -0.450. The van der Waals surface area contributed by atoms with Gasteiger partial charge < -0.3 is 0 Å². The van der Waals surface area contributed by atoms with Gasteiger partial charge in [-0.1, -0.05) is 40.9 Å². The van der Waals surface area contributed by atoms with Crippen molar-refractivity contribution in [2.75, 3.05) is 0 Å². The van der Waals surface area contributed by atoms with Crippen LogP contribution < -0.4 is 0 Å². The number of rotatable bonds is 3. The third-order valence-electron chi connectivity index (χ3n) is 2.68. The summed E-state index contributed by atoms with van der Waals surface area (Å²) >= 11 is 17.8. The first-order chi connectivity index (χ1) is 9.27. The van der Waals surface area contributed by atoms with E-state index in [9.17, 15) is 8.42 Å². The molecule has 0 saturated heterocycles. The lowest BCUT2D eigenvalue weighted by Gasteiger charge is -2.09. The maximum atomic E-state index is 11.6. The molecule has 20 heavy (non-hydrogen) atoms. The molecule has 2 aromatic carbocycles. The fourth-order valence-electron chi connectivity index (χ4n) is 1.79. The summed E-state index contributed by atoms with van der Waals surface area (Å²) in [6, 6.07) is 9.42. The lowest BCUT2D eigenvalue weighted by Crippen LogP contribution is -1.99. The molecule has 0 amide bonds. The first-order valence-electron chi connectivity index (χ1n) is 5.44. The molecule has 0 radical (unpaired) electrons. The third-order valence-corrected chi connectivity index (χ3v) is 4.93. The molecule has 0 fully saturated rings. The van der Waals surface area contributed by atoms with Crippen molar-refractivity contribution in [2.45, 2.75) is 11.3 Å². The van der Waals surface area contributed by atoms with E-state index >= 15 is 0 Å². The molecule has 7 heteroatoms. The Morgan fingerprint density at radius 2 is 1.45 bits per heavy atom. The van der Waals surface area contributed by atoms with E-state index in [-0.39, 0.29) is 11.3 Å². The Kier molecular flexibility index (Phi) is 4.88. The van der Waals surface area contributed by atoms with Crippen LogP contribution in [0.5, 0.6) is 0 Å². The molecule has 2 aromatic rings. The molecule has 0 spiro atoms. The van der Waals surface area contributed by atoms with E-state index in [1.807, 2.05) is 0 Å². The van der Waals surface area contributed by atoms with Crippen LogP contribution in [0.2, 0.25) is 15.1 Å². The highest BCUT2D eigenvalue weighted by Crippen LogP contribution is 2.29. The second-order valence-corrected chi connectivity index (χ2v) is 7.92. The van der Waals surface area contributed by atoms with Crippen LogP contribution in [0.25, 0.3) is 0 Å². The zero-order chi connectivity index (χ0) is 14.9. The van der Waals surface area contributed by atoms with E-state index in [0.717, 1.165) is 5.56 Å². The quantitative estimate of drug-likeness (QED) is 0.699. The minimum atomic E-state index is -3.85. The van der Waals surface area contributed by atoms with Gasteiger partial charge in [-0.25, -0.2) is 8.42 Å². The van der Waals surface area contributed by atoms with Crippen LogP contribution in [0.4, 0.5) is 0 Å². The Morgan fingerprint density at radius 1 is 0.850 bits per heavy atom. The SMILES string of the molecule is O=S(=O)(Cl)c1ccc(Cl)cc1Cc1ccc(Cl)cc1Cl. The Labute approximate surface area is 136 Å². The second-order valence-electron chi connectivity index (χ2n) is 4.10. The molecule has 0 aliphatic carbocycles. The van der Waals surface area contributed by atoms with Gasteiger partial charge >= 0.3 is 0 Å². The predicted molar refractivity (Wildman–Crippen MR) is 83.8 cm³/mol. The highest BCUT2D eigenvalue weighted by atomic mass is 35.7. The van der Waals surface area contributed by atoms with Crippen molar-refractivity contribution in [3.05, 3.63) is 62.6 Å². The van der Waals surface area contributed by atoms with Gasteiger partial charge in [-0.05, 0) is 41.5 Å². The second kappa shape index (κ2) is 6.12. The standard InChI is InChI=1S/C13H8Cl4O2S/c14-10-3-4-13(20(17,18)19)9(6-10)5-8-1-2-11(15)7-12(8)16/h1-4,6-7H,5H2. The van der Waals surface area contributed by atoms with Crippen LogP contribution >= 0.6 is 45.5 Å². The highest BCUT2D eigenvalue weighted by Gasteiger charge is 2.17. The molecule has 0 aliphatic heterocycles. The van der Waals surface area contributed by atoms with E-state index in [1.165, 1.54) is 12.1 Å². The number of benzene rings is 2. The molecule has 2 nitrogen and oxygen atoms in total. The summed E-state index contributed by atoms with van der Waals surface area (Å²) in [6.07, 6.45) is 0.290. The largest absolute Gasteiger partial charge is 0.261 e. The summed E-state index contributed by atoms with van der Waals surface area (Å²) in [5.41, 5.74) is 1.22. The van der Waals surface area contributed by atoms with Gasteiger partial charge in [0.1, 0.15) is 0 Å². The number of halogens is 4. The van der Waals surface area contributed by atoms with E-state index < -0.39 is 9.05 Å². The normalized spacial score (nSPS) is 11.6. The molecule has 0 bridgehead atoms. The maximum Gasteiger partial charge on any atom is 0.261 e. The monoisotopic (exact) mass is 368 g/mol. The van der Waals surface area contributed by atoms with Crippen LogP contribution in [-0.2, 0) is 15.5 Å². The van der Waals surface area contributed by atoms with Crippen LogP contribution in [0.3, 0.4) is 0 Å². The molecule has 0 atom stereocenters. The average Bonchev–Trinajstić information content (AvgIpc) is 2.31. The van der Waals surface area contributed by atoms with Gasteiger partial charge in [0.05, 0.1) is 4.90 Å². The molecule has 0 saturated carbocycles. The van der Waals surface area contributed by atoms with Gasteiger partial charge in [-0.3, -0.25) is 0 Å². The topological polar surface area (TPSA) is 34.1 Å². The van der Waals surface area contributed by atoms with E-state index in [0.29, 0.717) is 20.6 Å². The molecule has 2 rings (SSSR count). The van der Waals surface area contributed by atoms with Crippen LogP contribution in [0, 0.1) is 0 Å². The zero-order valence-electron chi connectivity index (χ0n) is 9.91. The number of hydrogen-bond acceptors (Lipinski definition) is 2. The molecule has 0 N–H and O–H groups in total. The first kappa shape index (κ1) is 15.9. The molecule has 0 aliphatic rings. The Balaban J connectivity index is 2.50. The maximum absolute atomic E-state index is 11.6. The lowest BCUT2D eigenvalue weighted by molar-refractivity contribution is 0.608. The predicted octanol–water partition coefficient (Wildman–Crippen LogP) is 5.17. The fraction of sp³-hybridized carbons (Fsp3) is 0.0769. The van der Waals surface area contributed by atoms with Gasteiger partial charge in [0, 0.05) is 32.2 Å². The smallest absolute Gasteiger partial charge is 0.207 e. The third kappa shape index (κ3) is 3.80. The fourth-order valence-corrected chi connectivity index (χ4v) is 3.59. The minimum absolute atomic E-state index is 0.0228. The molecule has 0 unspecified atom stereocenters. The van der Waals surface area contributed by atoms with Crippen molar-refractivity contribution < 1.29 is 8.42 Å². The van der Waals surface area contributed by atoms with Crippen molar-refractivity contribution >= 4 is 54.5 Å². The van der Waals surface area contributed by atoms with Crippen molar-refractivity contribution in [1.29, 1.82) is 0 Å². The van der Waals surface area contributed by atoms with Crippen molar-refractivity contribution in [2.24, 2.45) is 0 Å². The van der Waals surface area contributed by atoms with Crippen LogP contribution in [-0.4, -0.2) is 8.42 Å². The number of hydrogen-bond donors (Lipinski definition) is 0. The van der Waals surface area contributed by atoms with Gasteiger partial charge in [-0.2, -0.15) is 0 Å². The van der Waals surface area contributed by atoms with Crippen LogP contribution in [0.15, 0.2) is 41.3 Å². The molecular formula is C13H8Cl4O2S. The summed E-state index contributed by atoms with van der Waals surface area (Å²) in [5, 5.41) is 1.39. The molecular weight excluding hydrogens is 362 g/mol. The van der Waals surface area contributed by atoms with Crippen LogP contribution in [0.1, 0.15) is 11.1 Å². The summed E-state index contributed by atoms with van der Waals surface area (Å²) in [7, 11) is 1.58. The molecule has 0 heterocycles. The zero-order valence-corrected chi connectivity index (χ0v) is 13.7. The van der Waals surface area contributed by atoms with Gasteiger partial charge in [0.15, 0.2) is 0 Å². The Morgan fingerprint density at radius 3 is 2.05 bits per heavy atom. The van der Waals surface area contributed by atoms with Crippen molar-refractivity contribution in [3.63, 3.8) is 0 Å². The summed E-state index contributed by atoms with van der Waals surface area (Å²) < 4.78 is 23.1. The van der Waals surface area contributed by atoms with E-state index in [2.05, 4.69) is 0 Å². The lowest BCUT2D eigenvalue weighted by atomic mass is 10.1. The summed E-state index contributed by atoms with van der Waals surface area (Å²) in [6.45, 7) is 0. The minimum Gasteiger partial charge on any atom is -0.207 e. The Bertz CT molecular complexity index is 757. The van der Waals surface area contributed by atoms with Gasteiger partial charge in [0.2, 0.25) is 0 Å². The van der Waals surface area contributed by atoms with E-state index in [1.54, 1.807) is 24.3 Å². The van der Waals surface area contributed by atoms with Gasteiger partial charge in [-0.15, -0.1) is 0 Å². The molecule has 0 aromatic heterocycles. The van der Waals surface area contributed by atoms with Crippen molar-refractivity contribution in [1.82, 2.24) is 0 Å².